The Morgan fingerprint density at radius 1 is 1.00 bits per heavy atom. The normalized spacial score (nSPS) is 40.0. The molecule has 0 aromatic heterocycles. The van der Waals surface area contributed by atoms with Crippen LogP contribution in [0.2, 0.25) is 0 Å². The topological polar surface area (TPSA) is 69.7 Å². The number of hydrogen-bond donors (Lipinski definition) is 0. The van der Waals surface area contributed by atoms with Gasteiger partial charge in [-0.1, -0.05) is 31.1 Å². The highest BCUT2D eigenvalue weighted by Gasteiger charge is 2.58. The first-order valence-corrected chi connectivity index (χ1v) is 11.3. The molecule has 0 amide bonds. The van der Waals surface area contributed by atoms with Crippen LogP contribution in [0.4, 0.5) is 0 Å². The molecule has 164 valence electrons. The molecule has 0 saturated heterocycles. The van der Waals surface area contributed by atoms with Crippen LogP contribution < -0.4 is 0 Å². The predicted molar refractivity (Wildman–Crippen MR) is 112 cm³/mol. The molecule has 4 rings (SSSR count). The molecule has 30 heavy (non-hydrogen) atoms. The molecular weight excluding hydrogens is 380 g/mol. The minimum Gasteiger partial charge on any atom is -0.462 e. The molecule has 0 spiro atoms. The Morgan fingerprint density at radius 3 is 2.33 bits per heavy atom. The van der Waals surface area contributed by atoms with Crippen LogP contribution in [0.5, 0.6) is 0 Å². The van der Waals surface area contributed by atoms with Gasteiger partial charge in [-0.25, -0.2) is 0 Å². The number of ether oxygens (including phenoxy) is 2. The minimum absolute atomic E-state index is 0.0347. The molecule has 0 heterocycles. The molecule has 2 fully saturated rings. The zero-order chi connectivity index (χ0) is 21.8. The lowest BCUT2D eigenvalue weighted by Gasteiger charge is -2.53. The van der Waals surface area contributed by atoms with E-state index in [1.807, 2.05) is 0 Å². The van der Waals surface area contributed by atoms with Gasteiger partial charge in [0.15, 0.2) is 0 Å². The van der Waals surface area contributed by atoms with Crippen molar-refractivity contribution in [3.63, 3.8) is 0 Å². The second-order valence-corrected chi connectivity index (χ2v) is 10.3. The van der Waals surface area contributed by atoms with Crippen LogP contribution >= 0.6 is 0 Å². The van der Waals surface area contributed by atoms with Crippen molar-refractivity contribution in [2.75, 3.05) is 0 Å². The highest BCUT2D eigenvalue weighted by atomic mass is 16.5. The van der Waals surface area contributed by atoms with Crippen molar-refractivity contribution in [3.05, 3.63) is 22.8 Å². The van der Waals surface area contributed by atoms with E-state index >= 15 is 0 Å². The van der Waals surface area contributed by atoms with Crippen molar-refractivity contribution in [2.24, 2.45) is 22.7 Å². The first kappa shape index (κ1) is 21.3. The van der Waals surface area contributed by atoms with Crippen molar-refractivity contribution >= 4 is 17.7 Å². The summed E-state index contributed by atoms with van der Waals surface area (Å²) in [5.74, 6) is 0.166. The number of fused-ring (bicyclic) bond motifs is 4. The maximum absolute atomic E-state index is 12.4. The molecule has 0 unspecified atom stereocenters. The number of esters is 2. The summed E-state index contributed by atoms with van der Waals surface area (Å²) >= 11 is 0. The van der Waals surface area contributed by atoms with Gasteiger partial charge in [0.25, 0.3) is 0 Å². The summed E-state index contributed by atoms with van der Waals surface area (Å²) in [6.07, 6.45) is 7.93. The largest absolute Gasteiger partial charge is 0.462 e. The molecule has 6 atom stereocenters. The van der Waals surface area contributed by atoms with Gasteiger partial charge in [-0.15, -0.1) is 0 Å². The minimum atomic E-state index is -0.280. The molecule has 0 aliphatic heterocycles. The van der Waals surface area contributed by atoms with E-state index in [4.69, 9.17) is 9.47 Å². The fraction of sp³-hybridized carbons (Fsp3) is 0.720. The van der Waals surface area contributed by atoms with Crippen LogP contribution in [0.15, 0.2) is 22.8 Å². The van der Waals surface area contributed by atoms with Gasteiger partial charge in [0, 0.05) is 31.6 Å². The summed E-state index contributed by atoms with van der Waals surface area (Å²) in [6, 6.07) is 0. The van der Waals surface area contributed by atoms with Crippen LogP contribution in [0.1, 0.15) is 79.6 Å². The first-order valence-electron chi connectivity index (χ1n) is 11.3. The Kier molecular flexibility index (Phi) is 5.22. The van der Waals surface area contributed by atoms with E-state index in [0.29, 0.717) is 5.92 Å². The van der Waals surface area contributed by atoms with E-state index in [2.05, 4.69) is 19.9 Å². The smallest absolute Gasteiger partial charge is 0.303 e. The molecule has 5 nitrogen and oxygen atoms in total. The van der Waals surface area contributed by atoms with E-state index in [1.165, 1.54) is 30.6 Å². The van der Waals surface area contributed by atoms with E-state index in [1.54, 1.807) is 6.92 Å². The van der Waals surface area contributed by atoms with Crippen LogP contribution in [0.25, 0.3) is 0 Å². The highest BCUT2D eigenvalue weighted by molar-refractivity contribution is 5.80. The average molecular weight is 415 g/mol. The van der Waals surface area contributed by atoms with Gasteiger partial charge >= 0.3 is 11.9 Å². The monoisotopic (exact) mass is 414 g/mol. The van der Waals surface area contributed by atoms with E-state index in [-0.39, 0.29) is 46.7 Å². The van der Waals surface area contributed by atoms with Crippen LogP contribution in [-0.2, 0) is 23.9 Å². The zero-order valence-electron chi connectivity index (χ0n) is 18.9. The van der Waals surface area contributed by atoms with Gasteiger partial charge in [0.05, 0.1) is 0 Å². The lowest BCUT2D eigenvalue weighted by atomic mass is 9.53. The van der Waals surface area contributed by atoms with E-state index in [9.17, 15) is 14.4 Å². The molecule has 2 saturated carbocycles. The Balaban J connectivity index is 1.74. The Morgan fingerprint density at radius 2 is 1.70 bits per heavy atom. The summed E-state index contributed by atoms with van der Waals surface area (Å²) in [5, 5.41) is 0. The quantitative estimate of drug-likeness (QED) is 0.495. The predicted octanol–water partition coefficient (Wildman–Crippen LogP) is 4.69. The standard InChI is InChI=1S/C25H34O5/c1-14(26)20-8-9-21-19-7-6-17-12-18(29-15(2)27)10-11-24(17,4)23(19)22(30-16(3)28)13-25(20,21)5/h6,18,20-22H,7-13H2,1-5H3/t18-,20+,21-,22+,24-,25+/m0/s1. The third-order valence-electron chi connectivity index (χ3n) is 8.47. The van der Waals surface area contributed by atoms with Gasteiger partial charge in [-0.3, -0.25) is 14.4 Å². The third kappa shape index (κ3) is 3.25. The summed E-state index contributed by atoms with van der Waals surface area (Å²) in [6.45, 7) is 9.16. The maximum Gasteiger partial charge on any atom is 0.303 e. The second kappa shape index (κ2) is 7.35. The van der Waals surface area contributed by atoms with E-state index < -0.39 is 0 Å². The summed E-state index contributed by atoms with van der Waals surface area (Å²) in [7, 11) is 0. The van der Waals surface area contributed by atoms with Crippen molar-refractivity contribution in [1.29, 1.82) is 0 Å². The molecule has 0 bridgehead atoms. The van der Waals surface area contributed by atoms with Crippen molar-refractivity contribution < 1.29 is 23.9 Å². The lowest BCUT2D eigenvalue weighted by Crippen LogP contribution is -2.48. The second-order valence-electron chi connectivity index (χ2n) is 10.3. The summed E-state index contributed by atoms with van der Waals surface area (Å²) in [5.41, 5.74) is 3.67. The number of allylic oxidation sites excluding steroid dienone is 2. The molecule has 4 aliphatic rings. The number of hydrogen-bond acceptors (Lipinski definition) is 5. The highest BCUT2D eigenvalue weighted by Crippen LogP contribution is 2.64. The Labute approximate surface area is 179 Å². The number of carbonyl (C=O) groups excluding carboxylic acids is 3. The molecule has 0 radical (unpaired) electrons. The van der Waals surface area contributed by atoms with Gasteiger partial charge in [0.2, 0.25) is 0 Å². The number of rotatable bonds is 3. The van der Waals surface area contributed by atoms with Gasteiger partial charge in [-0.2, -0.15) is 0 Å². The van der Waals surface area contributed by atoms with Gasteiger partial charge < -0.3 is 9.47 Å². The van der Waals surface area contributed by atoms with Crippen molar-refractivity contribution in [1.82, 2.24) is 0 Å². The Hall–Kier alpha value is -1.91. The zero-order valence-corrected chi connectivity index (χ0v) is 18.9. The molecular formula is C25H34O5. The van der Waals surface area contributed by atoms with Crippen molar-refractivity contribution in [2.45, 2.75) is 91.8 Å². The fourth-order valence-corrected chi connectivity index (χ4v) is 7.29. The third-order valence-corrected chi connectivity index (χ3v) is 8.47. The van der Waals surface area contributed by atoms with Gasteiger partial charge in [-0.05, 0) is 62.4 Å². The first-order chi connectivity index (χ1) is 14.1. The maximum atomic E-state index is 12.4. The van der Waals surface area contributed by atoms with E-state index in [0.717, 1.165) is 44.9 Å². The van der Waals surface area contributed by atoms with Crippen molar-refractivity contribution in [3.8, 4) is 0 Å². The average Bonchev–Trinajstić information content (AvgIpc) is 2.97. The number of carbonyl (C=O) groups is 3. The summed E-state index contributed by atoms with van der Waals surface area (Å²) in [4.78, 5) is 35.9. The molecule has 5 heteroatoms. The number of ketones is 1. The van der Waals surface area contributed by atoms with Crippen LogP contribution in [0, 0.1) is 22.7 Å². The Bertz CT molecular complexity index is 852. The van der Waals surface area contributed by atoms with Gasteiger partial charge in [0.1, 0.15) is 18.0 Å². The molecule has 0 N–H and O–H groups in total. The number of Topliss-reactive ketones (excluding diaryl/α,β-unsaturated/α-hetero) is 1. The SMILES string of the molecule is CC(=O)O[C@H]1CC[C@@]2(C)C(=CCC3=C2[C@H](OC(C)=O)C[C@]2(C)[C@@H](C(C)=O)CC[C@@H]32)C1. The van der Waals surface area contributed by atoms with Crippen LogP contribution in [-0.4, -0.2) is 29.9 Å². The summed E-state index contributed by atoms with van der Waals surface area (Å²) < 4.78 is 11.5. The molecule has 4 aliphatic carbocycles. The van der Waals surface area contributed by atoms with Crippen LogP contribution in [0.3, 0.4) is 0 Å². The lowest BCUT2D eigenvalue weighted by molar-refractivity contribution is -0.150. The fourth-order valence-electron chi connectivity index (χ4n) is 7.29. The molecule has 0 aromatic carbocycles. The molecule has 0 aromatic rings.